The first-order valence-electron chi connectivity index (χ1n) is 3.67. The zero-order chi connectivity index (χ0) is 8.43. The number of thiocarbonyl (C=S) groups is 1. The molecule has 0 bridgehead atoms. The fraction of sp³-hybridized carbons (Fsp3) is 0.857. The van der Waals surface area contributed by atoms with E-state index in [0.29, 0.717) is 15.5 Å². The van der Waals surface area contributed by atoms with Crippen LogP contribution >= 0.6 is 35.7 Å². The normalized spacial score (nSPS) is 38.5. The highest BCUT2D eigenvalue weighted by atomic mass is 32.2. The molecule has 64 valence electrons. The monoisotopic (exact) mass is 207 g/mol. The molecule has 1 rings (SSSR count). The molecular formula is C7H13NS3. The maximum atomic E-state index is 5.57. The van der Waals surface area contributed by atoms with E-state index in [4.69, 9.17) is 18.0 Å². The highest BCUT2D eigenvalue weighted by Crippen LogP contribution is 2.35. The Balaban J connectivity index is 2.46. The van der Waals surface area contributed by atoms with Crippen molar-refractivity contribution in [2.45, 2.75) is 29.6 Å². The van der Waals surface area contributed by atoms with E-state index < -0.39 is 0 Å². The van der Waals surface area contributed by atoms with Gasteiger partial charge < -0.3 is 5.73 Å². The molecule has 11 heavy (non-hydrogen) atoms. The Morgan fingerprint density at radius 1 is 1.45 bits per heavy atom. The van der Waals surface area contributed by atoms with E-state index in [-0.39, 0.29) is 0 Å². The number of nitrogens with two attached hydrogens (primary N) is 1. The van der Waals surface area contributed by atoms with Gasteiger partial charge in [0, 0.05) is 16.3 Å². The molecule has 0 aromatic carbocycles. The quantitative estimate of drug-likeness (QED) is 0.664. The Kier molecular flexibility index (Phi) is 3.52. The molecule has 1 aliphatic heterocycles. The first-order valence-corrected chi connectivity index (χ1v) is 6.07. The Morgan fingerprint density at radius 2 is 2.09 bits per heavy atom. The minimum Gasteiger partial charge on any atom is -0.392 e. The van der Waals surface area contributed by atoms with Gasteiger partial charge in [-0.1, -0.05) is 26.1 Å². The molecule has 1 nitrogen and oxygen atoms in total. The molecule has 3 unspecified atom stereocenters. The number of hydrogen-bond acceptors (Lipinski definition) is 3. The van der Waals surface area contributed by atoms with Crippen LogP contribution in [0.2, 0.25) is 0 Å². The zero-order valence-corrected chi connectivity index (χ0v) is 9.19. The summed E-state index contributed by atoms with van der Waals surface area (Å²) in [5, 5.41) is 1.83. The van der Waals surface area contributed by atoms with Crippen molar-refractivity contribution in [3.8, 4) is 0 Å². The second-order valence-corrected chi connectivity index (χ2v) is 6.24. The van der Waals surface area contributed by atoms with E-state index >= 15 is 0 Å². The Morgan fingerprint density at radius 3 is 2.55 bits per heavy atom. The summed E-state index contributed by atoms with van der Waals surface area (Å²) in [6, 6.07) is 0. The van der Waals surface area contributed by atoms with Crippen LogP contribution in [0.25, 0.3) is 0 Å². The average Bonchev–Trinajstić information content (AvgIpc) is 1.94. The highest BCUT2D eigenvalue weighted by molar-refractivity contribution is 8.08. The Bertz CT molecular complexity index is 160. The minimum atomic E-state index is 0.404. The lowest BCUT2D eigenvalue weighted by Crippen LogP contribution is -2.34. The lowest BCUT2D eigenvalue weighted by Gasteiger charge is -2.30. The van der Waals surface area contributed by atoms with Crippen molar-refractivity contribution >= 4 is 40.7 Å². The summed E-state index contributed by atoms with van der Waals surface area (Å²) in [6.45, 7) is 4.50. The molecule has 4 heteroatoms. The third kappa shape index (κ3) is 2.53. The second-order valence-electron chi connectivity index (χ2n) is 2.77. The van der Waals surface area contributed by atoms with Crippen molar-refractivity contribution in [2.24, 2.45) is 5.73 Å². The number of hydrogen-bond donors (Lipinski definition) is 1. The lowest BCUT2D eigenvalue weighted by atomic mass is 10.4. The van der Waals surface area contributed by atoms with Gasteiger partial charge in [0.05, 0.1) is 10.2 Å². The molecule has 0 spiro atoms. The highest BCUT2D eigenvalue weighted by Gasteiger charge is 2.26. The molecule has 0 radical (unpaired) electrons. The fourth-order valence-electron chi connectivity index (χ4n) is 0.933. The van der Waals surface area contributed by atoms with Gasteiger partial charge in [-0.2, -0.15) is 11.8 Å². The first-order chi connectivity index (χ1) is 5.11. The molecule has 1 heterocycles. The van der Waals surface area contributed by atoms with Gasteiger partial charge in [0.2, 0.25) is 0 Å². The van der Waals surface area contributed by atoms with Gasteiger partial charge in [-0.3, -0.25) is 0 Å². The van der Waals surface area contributed by atoms with Crippen LogP contribution in [0, 0.1) is 0 Å². The fourth-order valence-corrected chi connectivity index (χ4v) is 4.07. The van der Waals surface area contributed by atoms with Gasteiger partial charge in [0.25, 0.3) is 0 Å². The van der Waals surface area contributed by atoms with Crippen LogP contribution in [0.4, 0.5) is 0 Å². The topological polar surface area (TPSA) is 26.0 Å². The van der Waals surface area contributed by atoms with Gasteiger partial charge in [-0.05, 0) is 0 Å². The molecule has 0 amide bonds. The molecule has 1 fully saturated rings. The van der Waals surface area contributed by atoms with E-state index in [0.717, 1.165) is 11.0 Å². The Labute approximate surface area is 81.9 Å². The predicted octanol–water partition coefficient (Wildman–Crippen LogP) is 1.90. The van der Waals surface area contributed by atoms with Crippen molar-refractivity contribution in [3.05, 3.63) is 0 Å². The maximum Gasteiger partial charge on any atom is 0.0867 e. The summed E-state index contributed by atoms with van der Waals surface area (Å²) in [7, 11) is 0. The minimum absolute atomic E-state index is 0.404. The Hall–Kier alpha value is 0.590. The van der Waals surface area contributed by atoms with E-state index in [1.807, 2.05) is 23.5 Å². The lowest BCUT2D eigenvalue weighted by molar-refractivity contribution is 0.911. The molecule has 0 aromatic heterocycles. The molecule has 0 aliphatic carbocycles. The second kappa shape index (κ2) is 4.01. The van der Waals surface area contributed by atoms with Crippen molar-refractivity contribution in [3.63, 3.8) is 0 Å². The van der Waals surface area contributed by atoms with E-state index in [1.54, 1.807) is 0 Å². The first kappa shape index (κ1) is 9.68. The van der Waals surface area contributed by atoms with Gasteiger partial charge in [-0.25, -0.2) is 0 Å². The molecular weight excluding hydrogens is 194 g/mol. The molecule has 1 aliphatic rings. The maximum absolute atomic E-state index is 5.57. The third-order valence-electron chi connectivity index (χ3n) is 1.87. The summed E-state index contributed by atoms with van der Waals surface area (Å²) in [4.78, 5) is 0.668. The molecule has 0 saturated carbocycles. The summed E-state index contributed by atoms with van der Waals surface area (Å²) < 4.78 is 0. The molecule has 1 saturated heterocycles. The zero-order valence-electron chi connectivity index (χ0n) is 6.74. The van der Waals surface area contributed by atoms with Gasteiger partial charge >= 0.3 is 0 Å². The predicted molar refractivity (Wildman–Crippen MR) is 59.5 cm³/mol. The number of thioether (sulfide) groups is 2. The van der Waals surface area contributed by atoms with Crippen LogP contribution in [0.3, 0.4) is 0 Å². The van der Waals surface area contributed by atoms with Crippen LogP contribution in [-0.2, 0) is 0 Å². The third-order valence-corrected chi connectivity index (χ3v) is 5.73. The van der Waals surface area contributed by atoms with E-state index in [9.17, 15) is 0 Å². The summed E-state index contributed by atoms with van der Waals surface area (Å²) in [6.07, 6.45) is 0. The van der Waals surface area contributed by atoms with Gasteiger partial charge in [-0.15, -0.1) is 11.8 Å². The molecule has 2 N–H and O–H groups in total. The summed E-state index contributed by atoms with van der Waals surface area (Å²) in [5.41, 5.74) is 5.57. The van der Waals surface area contributed by atoms with E-state index in [1.165, 1.54) is 0 Å². The number of rotatable bonds is 1. The summed E-state index contributed by atoms with van der Waals surface area (Å²) >= 11 is 8.84. The van der Waals surface area contributed by atoms with Crippen LogP contribution in [-0.4, -0.2) is 26.5 Å². The standard InChI is InChI=1S/C7H13NS3/c1-4-5(2)11-6(3-10-4)7(8)9/h4-6H,3H2,1-2H3,(H2,8,9). The van der Waals surface area contributed by atoms with Crippen molar-refractivity contribution in [1.29, 1.82) is 0 Å². The van der Waals surface area contributed by atoms with E-state index in [2.05, 4.69) is 13.8 Å². The summed E-state index contributed by atoms with van der Waals surface area (Å²) in [5.74, 6) is 1.09. The van der Waals surface area contributed by atoms with Crippen molar-refractivity contribution in [1.82, 2.24) is 0 Å². The average molecular weight is 207 g/mol. The smallest absolute Gasteiger partial charge is 0.0867 e. The SMILES string of the molecule is CC1SCC(C(N)=S)SC1C. The largest absolute Gasteiger partial charge is 0.392 e. The molecule has 3 atom stereocenters. The van der Waals surface area contributed by atoms with Crippen LogP contribution < -0.4 is 5.73 Å². The van der Waals surface area contributed by atoms with Crippen LogP contribution in [0.15, 0.2) is 0 Å². The van der Waals surface area contributed by atoms with Crippen LogP contribution in [0.1, 0.15) is 13.8 Å². The van der Waals surface area contributed by atoms with Gasteiger partial charge in [0.1, 0.15) is 0 Å². The van der Waals surface area contributed by atoms with Crippen molar-refractivity contribution in [2.75, 3.05) is 5.75 Å². The van der Waals surface area contributed by atoms with Crippen molar-refractivity contribution < 1.29 is 0 Å². The van der Waals surface area contributed by atoms with Gasteiger partial charge in [0.15, 0.2) is 0 Å². The molecule has 0 aromatic rings. The van der Waals surface area contributed by atoms with Crippen LogP contribution in [0.5, 0.6) is 0 Å².